The van der Waals surface area contributed by atoms with Crippen LogP contribution in [0.5, 0.6) is 11.5 Å². The molecule has 0 fully saturated rings. The van der Waals surface area contributed by atoms with Crippen LogP contribution in [0.15, 0.2) is 18.2 Å². The van der Waals surface area contributed by atoms with E-state index < -0.39 is 0 Å². The molecular formula is C16H27NO2. The Bertz CT molecular complexity index is 353. The van der Waals surface area contributed by atoms with Crippen molar-refractivity contribution in [3.8, 4) is 11.5 Å². The summed E-state index contributed by atoms with van der Waals surface area (Å²) in [5, 5.41) is 3.40. The first-order valence-corrected chi connectivity index (χ1v) is 7.26. The molecule has 0 radical (unpaired) electrons. The summed E-state index contributed by atoms with van der Waals surface area (Å²) in [6.45, 7) is 6.91. The predicted octanol–water partition coefficient (Wildman–Crippen LogP) is 3.55. The lowest BCUT2D eigenvalue weighted by atomic mass is 10.2. The first-order valence-electron chi connectivity index (χ1n) is 7.26. The first kappa shape index (κ1) is 15.8. The Morgan fingerprint density at radius 1 is 1.05 bits per heavy atom. The second-order valence-corrected chi connectivity index (χ2v) is 4.81. The number of ether oxygens (including phenoxy) is 2. The van der Waals surface area contributed by atoms with E-state index in [1.54, 1.807) is 7.11 Å². The highest BCUT2D eigenvalue weighted by molar-refractivity contribution is 5.42. The number of methoxy groups -OCH3 is 1. The van der Waals surface area contributed by atoms with Crippen LogP contribution in [-0.4, -0.2) is 26.8 Å². The van der Waals surface area contributed by atoms with E-state index >= 15 is 0 Å². The number of rotatable bonds is 10. The summed E-state index contributed by atoms with van der Waals surface area (Å²) in [7, 11) is 1.67. The van der Waals surface area contributed by atoms with Crippen LogP contribution in [0.3, 0.4) is 0 Å². The van der Waals surface area contributed by atoms with Gasteiger partial charge in [-0.3, -0.25) is 0 Å². The molecule has 0 spiro atoms. The second kappa shape index (κ2) is 9.68. The topological polar surface area (TPSA) is 30.5 Å². The Balaban J connectivity index is 2.15. The van der Waals surface area contributed by atoms with Crippen LogP contribution in [0.25, 0.3) is 0 Å². The van der Waals surface area contributed by atoms with Crippen LogP contribution in [-0.2, 0) is 0 Å². The minimum Gasteiger partial charge on any atom is -0.493 e. The predicted molar refractivity (Wildman–Crippen MR) is 80.2 cm³/mol. The van der Waals surface area contributed by atoms with E-state index in [0.29, 0.717) is 6.61 Å². The normalized spacial score (nSPS) is 10.5. The summed E-state index contributed by atoms with van der Waals surface area (Å²) in [5.41, 5.74) is 1.18. The van der Waals surface area contributed by atoms with Crippen LogP contribution in [0.1, 0.15) is 38.2 Å². The quantitative estimate of drug-likeness (QED) is 0.656. The molecule has 0 atom stereocenters. The lowest BCUT2D eigenvalue weighted by Gasteiger charge is -2.11. The fourth-order valence-electron chi connectivity index (χ4n) is 1.93. The summed E-state index contributed by atoms with van der Waals surface area (Å²) >= 11 is 0. The molecular weight excluding hydrogens is 238 g/mol. The van der Waals surface area contributed by atoms with Gasteiger partial charge in [0.05, 0.1) is 7.11 Å². The van der Waals surface area contributed by atoms with Crippen molar-refractivity contribution >= 4 is 0 Å². The molecule has 108 valence electrons. The minimum absolute atomic E-state index is 0.674. The van der Waals surface area contributed by atoms with Crippen LogP contribution in [0, 0.1) is 6.92 Å². The summed E-state index contributed by atoms with van der Waals surface area (Å²) < 4.78 is 11.0. The molecule has 0 aromatic heterocycles. The molecule has 0 bridgehead atoms. The third kappa shape index (κ3) is 6.48. The van der Waals surface area contributed by atoms with Crippen molar-refractivity contribution in [1.82, 2.24) is 5.32 Å². The molecule has 0 aliphatic heterocycles. The van der Waals surface area contributed by atoms with Crippen molar-refractivity contribution in [2.45, 2.75) is 39.5 Å². The van der Waals surface area contributed by atoms with E-state index in [1.165, 1.54) is 31.2 Å². The minimum atomic E-state index is 0.674. The molecule has 1 aromatic carbocycles. The molecule has 0 saturated heterocycles. The van der Waals surface area contributed by atoms with E-state index in [1.807, 2.05) is 25.1 Å². The van der Waals surface area contributed by atoms with Gasteiger partial charge in [0.25, 0.3) is 0 Å². The van der Waals surface area contributed by atoms with Crippen molar-refractivity contribution in [3.63, 3.8) is 0 Å². The van der Waals surface area contributed by atoms with Gasteiger partial charge in [-0.25, -0.2) is 0 Å². The van der Waals surface area contributed by atoms with Gasteiger partial charge in [-0.05, 0) is 37.6 Å². The summed E-state index contributed by atoms with van der Waals surface area (Å²) in [4.78, 5) is 0. The number of hydrogen-bond acceptors (Lipinski definition) is 3. The van der Waals surface area contributed by atoms with E-state index in [2.05, 4.69) is 12.2 Å². The number of aryl methyl sites for hydroxylation is 1. The molecule has 0 heterocycles. The Kier molecular flexibility index (Phi) is 8.07. The van der Waals surface area contributed by atoms with Crippen molar-refractivity contribution in [2.75, 3.05) is 26.8 Å². The van der Waals surface area contributed by atoms with E-state index in [9.17, 15) is 0 Å². The average Bonchev–Trinajstić information content (AvgIpc) is 2.43. The Hall–Kier alpha value is -1.22. The SMILES string of the molecule is CCCCCCNCCOc1ccc(C)cc1OC. The molecule has 0 saturated carbocycles. The fraction of sp³-hybridized carbons (Fsp3) is 0.625. The van der Waals surface area contributed by atoms with Crippen LogP contribution in [0.4, 0.5) is 0 Å². The van der Waals surface area contributed by atoms with Crippen LogP contribution < -0.4 is 14.8 Å². The van der Waals surface area contributed by atoms with Crippen LogP contribution in [0.2, 0.25) is 0 Å². The van der Waals surface area contributed by atoms with E-state index in [-0.39, 0.29) is 0 Å². The summed E-state index contributed by atoms with van der Waals surface area (Å²) in [5.74, 6) is 1.63. The zero-order valence-corrected chi connectivity index (χ0v) is 12.5. The fourth-order valence-corrected chi connectivity index (χ4v) is 1.93. The van der Waals surface area contributed by atoms with Gasteiger partial charge in [0.2, 0.25) is 0 Å². The van der Waals surface area contributed by atoms with Gasteiger partial charge in [-0.15, -0.1) is 0 Å². The van der Waals surface area contributed by atoms with E-state index in [4.69, 9.17) is 9.47 Å². The molecule has 0 aliphatic carbocycles. The maximum Gasteiger partial charge on any atom is 0.161 e. The molecule has 3 nitrogen and oxygen atoms in total. The van der Waals surface area contributed by atoms with Gasteiger partial charge in [-0.1, -0.05) is 32.3 Å². The zero-order chi connectivity index (χ0) is 13.9. The Labute approximate surface area is 117 Å². The lowest BCUT2D eigenvalue weighted by Crippen LogP contribution is -2.22. The van der Waals surface area contributed by atoms with Crippen molar-refractivity contribution < 1.29 is 9.47 Å². The molecule has 1 rings (SSSR count). The van der Waals surface area contributed by atoms with Gasteiger partial charge < -0.3 is 14.8 Å². The number of benzene rings is 1. The molecule has 1 aromatic rings. The molecule has 19 heavy (non-hydrogen) atoms. The standard InChI is InChI=1S/C16H27NO2/c1-4-5-6-7-10-17-11-12-19-15-9-8-14(2)13-16(15)18-3/h8-9,13,17H,4-7,10-12H2,1-3H3. The van der Waals surface area contributed by atoms with Gasteiger partial charge in [0.1, 0.15) is 6.61 Å². The zero-order valence-electron chi connectivity index (χ0n) is 12.5. The largest absolute Gasteiger partial charge is 0.493 e. The molecule has 1 N–H and O–H groups in total. The highest BCUT2D eigenvalue weighted by Gasteiger charge is 2.03. The van der Waals surface area contributed by atoms with Crippen LogP contribution >= 0.6 is 0 Å². The van der Waals surface area contributed by atoms with E-state index in [0.717, 1.165) is 24.6 Å². The van der Waals surface area contributed by atoms with Gasteiger partial charge in [-0.2, -0.15) is 0 Å². The second-order valence-electron chi connectivity index (χ2n) is 4.81. The van der Waals surface area contributed by atoms with Gasteiger partial charge >= 0.3 is 0 Å². The number of unbranched alkanes of at least 4 members (excludes halogenated alkanes) is 3. The number of nitrogens with one attached hydrogen (secondary N) is 1. The van der Waals surface area contributed by atoms with Crippen molar-refractivity contribution in [3.05, 3.63) is 23.8 Å². The third-order valence-corrected chi connectivity index (χ3v) is 3.06. The monoisotopic (exact) mass is 265 g/mol. The third-order valence-electron chi connectivity index (χ3n) is 3.06. The van der Waals surface area contributed by atoms with Crippen molar-refractivity contribution in [2.24, 2.45) is 0 Å². The molecule has 0 amide bonds. The lowest BCUT2D eigenvalue weighted by molar-refractivity contribution is 0.292. The van der Waals surface area contributed by atoms with Crippen molar-refractivity contribution in [1.29, 1.82) is 0 Å². The smallest absolute Gasteiger partial charge is 0.161 e. The Morgan fingerprint density at radius 3 is 2.63 bits per heavy atom. The molecule has 0 aliphatic rings. The maximum absolute atomic E-state index is 5.72. The van der Waals surface area contributed by atoms with Gasteiger partial charge in [0.15, 0.2) is 11.5 Å². The summed E-state index contributed by atoms with van der Waals surface area (Å²) in [6, 6.07) is 6.00. The molecule has 3 heteroatoms. The highest BCUT2D eigenvalue weighted by Crippen LogP contribution is 2.27. The summed E-state index contributed by atoms with van der Waals surface area (Å²) in [6.07, 6.45) is 5.19. The highest BCUT2D eigenvalue weighted by atomic mass is 16.5. The number of hydrogen-bond donors (Lipinski definition) is 1. The maximum atomic E-state index is 5.72. The molecule has 0 unspecified atom stereocenters. The Morgan fingerprint density at radius 2 is 1.89 bits per heavy atom. The average molecular weight is 265 g/mol. The van der Waals surface area contributed by atoms with Gasteiger partial charge in [0, 0.05) is 6.54 Å². The first-order chi connectivity index (χ1) is 9.27.